The summed E-state index contributed by atoms with van der Waals surface area (Å²) in [6.07, 6.45) is 6.95. The van der Waals surface area contributed by atoms with Gasteiger partial charge in [0.15, 0.2) is 0 Å². The highest BCUT2D eigenvalue weighted by atomic mass is 16.3. The van der Waals surface area contributed by atoms with Gasteiger partial charge in [-0.05, 0) is 56.2 Å². The Labute approximate surface area is 112 Å². The van der Waals surface area contributed by atoms with Gasteiger partial charge in [0.1, 0.15) is 0 Å². The average molecular weight is 248 g/mol. The summed E-state index contributed by atoms with van der Waals surface area (Å²) in [5, 5.41) is 10.4. The lowest BCUT2D eigenvalue weighted by Gasteiger charge is -2.25. The number of benzene rings is 1. The van der Waals surface area contributed by atoms with Gasteiger partial charge >= 0.3 is 0 Å². The molecule has 0 unspecified atom stereocenters. The maximum Gasteiger partial charge on any atom is 0.0845 e. The molecule has 0 aliphatic carbocycles. The van der Waals surface area contributed by atoms with E-state index in [9.17, 15) is 5.11 Å². The van der Waals surface area contributed by atoms with Gasteiger partial charge in [-0.25, -0.2) is 0 Å². The Hall–Kier alpha value is -0.820. The lowest BCUT2D eigenvalue weighted by molar-refractivity contribution is 0.0765. The van der Waals surface area contributed by atoms with E-state index < -0.39 is 5.60 Å². The zero-order valence-electron chi connectivity index (χ0n) is 12.4. The molecule has 0 fully saturated rings. The molecule has 0 aliphatic heterocycles. The maximum absolute atomic E-state index is 10.4. The molecule has 0 radical (unpaired) electrons. The first kappa shape index (κ1) is 15.2. The van der Waals surface area contributed by atoms with Gasteiger partial charge in [0.25, 0.3) is 0 Å². The van der Waals surface area contributed by atoms with Gasteiger partial charge < -0.3 is 5.11 Å². The number of aryl methyl sites for hydroxylation is 2. The summed E-state index contributed by atoms with van der Waals surface area (Å²) >= 11 is 0. The van der Waals surface area contributed by atoms with E-state index in [1.165, 1.54) is 42.4 Å². The molecule has 0 saturated carbocycles. The molecule has 1 aromatic carbocycles. The smallest absolute Gasteiger partial charge is 0.0845 e. The second-order valence-electron chi connectivity index (χ2n) is 5.72. The van der Waals surface area contributed by atoms with Crippen molar-refractivity contribution in [2.75, 3.05) is 0 Å². The molecule has 0 heterocycles. The van der Waals surface area contributed by atoms with E-state index in [1.807, 2.05) is 13.8 Å². The third-order valence-corrected chi connectivity index (χ3v) is 3.45. The minimum atomic E-state index is -0.729. The van der Waals surface area contributed by atoms with E-state index in [0.717, 1.165) is 12.8 Å². The Balaban J connectivity index is 3.09. The van der Waals surface area contributed by atoms with Crippen molar-refractivity contribution < 1.29 is 5.11 Å². The van der Waals surface area contributed by atoms with Gasteiger partial charge in [-0.1, -0.05) is 44.9 Å². The van der Waals surface area contributed by atoms with Gasteiger partial charge in [0.2, 0.25) is 0 Å². The van der Waals surface area contributed by atoms with Crippen LogP contribution in [0, 0.1) is 0 Å². The number of aliphatic hydroxyl groups is 1. The molecule has 1 nitrogen and oxygen atoms in total. The molecule has 0 aliphatic rings. The van der Waals surface area contributed by atoms with E-state index in [2.05, 4.69) is 32.0 Å². The normalized spacial score (nSPS) is 11.8. The van der Waals surface area contributed by atoms with Crippen molar-refractivity contribution in [3.8, 4) is 0 Å². The fraction of sp³-hybridized carbons (Fsp3) is 0.647. The second-order valence-corrected chi connectivity index (χ2v) is 5.72. The predicted molar refractivity (Wildman–Crippen MR) is 78.9 cm³/mol. The molecule has 18 heavy (non-hydrogen) atoms. The molecule has 0 aromatic heterocycles. The number of unbranched alkanes of at least 4 members (excludes halogenated alkanes) is 2. The van der Waals surface area contributed by atoms with Gasteiger partial charge in [-0.3, -0.25) is 0 Å². The van der Waals surface area contributed by atoms with Crippen molar-refractivity contribution in [3.05, 3.63) is 34.9 Å². The van der Waals surface area contributed by atoms with Crippen LogP contribution in [-0.4, -0.2) is 5.11 Å². The number of hydrogen-bond donors (Lipinski definition) is 1. The van der Waals surface area contributed by atoms with Crippen LogP contribution in [0.4, 0.5) is 0 Å². The van der Waals surface area contributed by atoms with Crippen molar-refractivity contribution in [2.45, 2.75) is 71.8 Å². The van der Waals surface area contributed by atoms with Crippen molar-refractivity contribution in [1.29, 1.82) is 0 Å². The Morgan fingerprint density at radius 3 is 1.72 bits per heavy atom. The molecule has 1 aromatic rings. The highest BCUT2D eigenvalue weighted by Gasteiger charge is 2.22. The molecule has 0 bridgehead atoms. The van der Waals surface area contributed by atoms with Crippen molar-refractivity contribution in [3.63, 3.8) is 0 Å². The molecule has 0 atom stereocenters. The fourth-order valence-corrected chi connectivity index (χ4v) is 2.59. The van der Waals surface area contributed by atoms with Crippen LogP contribution < -0.4 is 0 Å². The topological polar surface area (TPSA) is 20.2 Å². The van der Waals surface area contributed by atoms with E-state index in [0.29, 0.717) is 0 Å². The minimum Gasteiger partial charge on any atom is -0.386 e. The third-order valence-electron chi connectivity index (χ3n) is 3.45. The van der Waals surface area contributed by atoms with E-state index in [4.69, 9.17) is 0 Å². The zero-order chi connectivity index (χ0) is 13.6. The van der Waals surface area contributed by atoms with Crippen LogP contribution in [0.2, 0.25) is 0 Å². The quantitative estimate of drug-likeness (QED) is 0.747. The third kappa shape index (κ3) is 4.13. The summed E-state index contributed by atoms with van der Waals surface area (Å²) < 4.78 is 0. The summed E-state index contributed by atoms with van der Waals surface area (Å²) in [5.41, 5.74) is 3.11. The number of hydrogen-bond acceptors (Lipinski definition) is 1. The van der Waals surface area contributed by atoms with Gasteiger partial charge in [0, 0.05) is 0 Å². The van der Waals surface area contributed by atoms with Gasteiger partial charge in [-0.15, -0.1) is 0 Å². The molecule has 1 N–H and O–H groups in total. The first-order chi connectivity index (χ1) is 8.50. The standard InChI is InChI=1S/C17H28O/c1-5-7-10-14-12-9-13-15(11-8-6-2)16(14)17(3,4)18/h9,12-13,18H,5-8,10-11H2,1-4H3. The largest absolute Gasteiger partial charge is 0.386 e. The number of rotatable bonds is 7. The Bertz CT molecular complexity index is 334. The molecule has 1 rings (SSSR count). The fourth-order valence-electron chi connectivity index (χ4n) is 2.59. The monoisotopic (exact) mass is 248 g/mol. The summed E-state index contributed by atoms with van der Waals surface area (Å²) in [6.45, 7) is 8.25. The Kier molecular flexibility index (Phi) is 5.87. The van der Waals surface area contributed by atoms with Gasteiger partial charge in [0.05, 0.1) is 5.60 Å². The summed E-state index contributed by atoms with van der Waals surface area (Å²) in [6, 6.07) is 6.50. The molecule has 102 valence electrons. The van der Waals surface area contributed by atoms with Crippen LogP contribution in [0.1, 0.15) is 70.1 Å². The van der Waals surface area contributed by atoms with Crippen molar-refractivity contribution in [1.82, 2.24) is 0 Å². The summed E-state index contributed by atoms with van der Waals surface area (Å²) in [4.78, 5) is 0. The zero-order valence-corrected chi connectivity index (χ0v) is 12.4. The minimum absolute atomic E-state index is 0.729. The molecular formula is C17H28O. The van der Waals surface area contributed by atoms with Crippen LogP contribution in [0.3, 0.4) is 0 Å². The maximum atomic E-state index is 10.4. The average Bonchev–Trinajstić information content (AvgIpc) is 2.32. The lowest BCUT2D eigenvalue weighted by atomic mass is 9.85. The Morgan fingerprint density at radius 2 is 1.39 bits per heavy atom. The predicted octanol–water partition coefficient (Wildman–Crippen LogP) is 4.60. The first-order valence-electron chi connectivity index (χ1n) is 7.34. The summed E-state index contributed by atoms with van der Waals surface area (Å²) in [5.74, 6) is 0. The van der Waals surface area contributed by atoms with Crippen molar-refractivity contribution in [2.24, 2.45) is 0 Å². The molecule has 1 heteroatoms. The van der Waals surface area contributed by atoms with Crippen molar-refractivity contribution >= 4 is 0 Å². The van der Waals surface area contributed by atoms with Crippen LogP contribution in [0.25, 0.3) is 0 Å². The molecule has 0 amide bonds. The molecule has 0 saturated heterocycles. The van der Waals surface area contributed by atoms with Crippen LogP contribution in [0.5, 0.6) is 0 Å². The van der Waals surface area contributed by atoms with E-state index >= 15 is 0 Å². The van der Waals surface area contributed by atoms with Crippen LogP contribution >= 0.6 is 0 Å². The molecule has 0 spiro atoms. The molecular weight excluding hydrogens is 220 g/mol. The lowest BCUT2D eigenvalue weighted by Crippen LogP contribution is -2.21. The van der Waals surface area contributed by atoms with Gasteiger partial charge in [-0.2, -0.15) is 0 Å². The highest BCUT2D eigenvalue weighted by molar-refractivity contribution is 5.39. The Morgan fingerprint density at radius 1 is 0.944 bits per heavy atom. The first-order valence-corrected chi connectivity index (χ1v) is 7.34. The SMILES string of the molecule is CCCCc1cccc(CCCC)c1C(C)(C)O. The van der Waals surface area contributed by atoms with Crippen LogP contribution in [0.15, 0.2) is 18.2 Å². The highest BCUT2D eigenvalue weighted by Crippen LogP contribution is 2.29. The van der Waals surface area contributed by atoms with E-state index in [1.54, 1.807) is 0 Å². The summed E-state index contributed by atoms with van der Waals surface area (Å²) in [7, 11) is 0. The van der Waals surface area contributed by atoms with E-state index in [-0.39, 0.29) is 0 Å². The second kappa shape index (κ2) is 6.94. The van der Waals surface area contributed by atoms with Crippen LogP contribution in [-0.2, 0) is 18.4 Å².